The molecule has 140 valence electrons. The SMILES string of the molecule is CC(C)(C)S(=O)(=O)Cc1ccc(NC(=O)c2cc3c(s2)CCNC3)cc1. The van der Waals surface area contributed by atoms with Crippen LogP contribution in [0.2, 0.25) is 0 Å². The van der Waals surface area contributed by atoms with Gasteiger partial charge in [-0.2, -0.15) is 0 Å². The number of anilines is 1. The van der Waals surface area contributed by atoms with Gasteiger partial charge in [-0.1, -0.05) is 12.1 Å². The van der Waals surface area contributed by atoms with E-state index < -0.39 is 14.6 Å². The summed E-state index contributed by atoms with van der Waals surface area (Å²) in [6.45, 7) is 6.87. The number of benzene rings is 1. The van der Waals surface area contributed by atoms with Crippen molar-refractivity contribution in [1.29, 1.82) is 0 Å². The van der Waals surface area contributed by atoms with Gasteiger partial charge >= 0.3 is 0 Å². The van der Waals surface area contributed by atoms with Crippen molar-refractivity contribution in [2.24, 2.45) is 0 Å². The van der Waals surface area contributed by atoms with Gasteiger partial charge in [-0.25, -0.2) is 8.42 Å². The topological polar surface area (TPSA) is 75.3 Å². The van der Waals surface area contributed by atoms with Gasteiger partial charge in [-0.15, -0.1) is 11.3 Å². The van der Waals surface area contributed by atoms with E-state index in [9.17, 15) is 13.2 Å². The average molecular weight is 393 g/mol. The summed E-state index contributed by atoms with van der Waals surface area (Å²) >= 11 is 1.55. The lowest BCUT2D eigenvalue weighted by Crippen LogP contribution is -2.29. The minimum absolute atomic E-state index is 0.00459. The van der Waals surface area contributed by atoms with Crippen molar-refractivity contribution >= 4 is 32.8 Å². The van der Waals surface area contributed by atoms with Crippen molar-refractivity contribution in [3.63, 3.8) is 0 Å². The molecule has 7 heteroatoms. The zero-order valence-corrected chi connectivity index (χ0v) is 16.9. The third-order valence-electron chi connectivity index (χ3n) is 4.47. The Hall–Kier alpha value is -1.70. The number of fused-ring (bicyclic) bond motifs is 1. The van der Waals surface area contributed by atoms with Crippen LogP contribution in [-0.4, -0.2) is 25.6 Å². The molecular weight excluding hydrogens is 368 g/mol. The molecule has 3 rings (SSSR count). The molecule has 1 aliphatic heterocycles. The number of carbonyl (C=O) groups excluding carboxylic acids is 1. The number of rotatable bonds is 4. The highest BCUT2D eigenvalue weighted by Gasteiger charge is 2.28. The van der Waals surface area contributed by atoms with Gasteiger partial charge < -0.3 is 10.6 Å². The van der Waals surface area contributed by atoms with Crippen LogP contribution >= 0.6 is 11.3 Å². The zero-order chi connectivity index (χ0) is 18.9. The highest BCUT2D eigenvalue weighted by molar-refractivity contribution is 7.91. The standard InChI is InChI=1S/C19H24N2O3S2/c1-19(2,3)26(23,24)12-13-4-6-15(7-5-13)21-18(22)17-10-14-11-20-9-8-16(14)25-17/h4-7,10,20H,8-9,11-12H2,1-3H3,(H,21,22). The first kappa shape index (κ1) is 19.1. The lowest BCUT2D eigenvalue weighted by Gasteiger charge is -2.19. The summed E-state index contributed by atoms with van der Waals surface area (Å²) in [5.41, 5.74) is 2.58. The molecule has 1 aromatic carbocycles. The lowest BCUT2D eigenvalue weighted by molar-refractivity contribution is 0.103. The smallest absolute Gasteiger partial charge is 0.265 e. The Kier molecular flexibility index (Phi) is 5.23. The summed E-state index contributed by atoms with van der Waals surface area (Å²) in [5, 5.41) is 6.19. The van der Waals surface area contributed by atoms with E-state index in [2.05, 4.69) is 10.6 Å². The van der Waals surface area contributed by atoms with Gasteiger partial charge in [0.05, 0.1) is 15.4 Å². The van der Waals surface area contributed by atoms with Crippen LogP contribution in [0.1, 0.15) is 46.4 Å². The Morgan fingerprint density at radius 2 is 1.92 bits per heavy atom. The molecular formula is C19H24N2O3S2. The maximum absolute atomic E-state index is 12.5. The van der Waals surface area contributed by atoms with Gasteiger partial charge in [0.2, 0.25) is 0 Å². The van der Waals surface area contributed by atoms with E-state index in [-0.39, 0.29) is 11.7 Å². The van der Waals surface area contributed by atoms with Crippen molar-refractivity contribution in [2.75, 3.05) is 11.9 Å². The van der Waals surface area contributed by atoms with Crippen LogP contribution in [0.3, 0.4) is 0 Å². The Morgan fingerprint density at radius 1 is 1.23 bits per heavy atom. The molecule has 1 aromatic heterocycles. The molecule has 2 N–H and O–H groups in total. The predicted octanol–water partition coefficient (Wildman–Crippen LogP) is 3.36. The molecule has 5 nitrogen and oxygen atoms in total. The molecule has 0 saturated carbocycles. The molecule has 0 spiro atoms. The first-order valence-corrected chi connectivity index (χ1v) is 11.1. The zero-order valence-electron chi connectivity index (χ0n) is 15.3. The van der Waals surface area contributed by atoms with Crippen LogP contribution in [-0.2, 0) is 28.6 Å². The van der Waals surface area contributed by atoms with E-state index in [0.29, 0.717) is 10.6 Å². The number of carbonyl (C=O) groups is 1. The maximum atomic E-state index is 12.5. The summed E-state index contributed by atoms with van der Waals surface area (Å²) < 4.78 is 23.8. The van der Waals surface area contributed by atoms with Crippen LogP contribution in [0.4, 0.5) is 5.69 Å². The Morgan fingerprint density at radius 3 is 2.54 bits per heavy atom. The van der Waals surface area contributed by atoms with Crippen molar-refractivity contribution < 1.29 is 13.2 Å². The molecule has 1 amide bonds. The summed E-state index contributed by atoms with van der Waals surface area (Å²) in [6, 6.07) is 8.96. The largest absolute Gasteiger partial charge is 0.321 e. The summed E-state index contributed by atoms with van der Waals surface area (Å²) in [4.78, 5) is 14.4. The monoisotopic (exact) mass is 392 g/mol. The highest BCUT2D eigenvalue weighted by atomic mass is 32.2. The predicted molar refractivity (Wildman–Crippen MR) is 107 cm³/mol. The van der Waals surface area contributed by atoms with Crippen LogP contribution in [0.25, 0.3) is 0 Å². The van der Waals surface area contributed by atoms with Gasteiger partial charge in [0, 0.05) is 23.7 Å². The third kappa shape index (κ3) is 4.16. The molecule has 0 fully saturated rings. The van der Waals surface area contributed by atoms with Gasteiger partial charge in [0.1, 0.15) is 0 Å². The van der Waals surface area contributed by atoms with E-state index >= 15 is 0 Å². The number of hydrogen-bond donors (Lipinski definition) is 2. The fraction of sp³-hybridized carbons (Fsp3) is 0.421. The molecule has 0 aliphatic carbocycles. The second kappa shape index (κ2) is 7.13. The molecule has 26 heavy (non-hydrogen) atoms. The van der Waals surface area contributed by atoms with Crippen LogP contribution in [0.5, 0.6) is 0 Å². The summed E-state index contributed by atoms with van der Waals surface area (Å²) in [5.74, 6) is -0.130. The molecule has 0 unspecified atom stereocenters. The van der Waals surface area contributed by atoms with Crippen molar-refractivity contribution in [3.8, 4) is 0 Å². The van der Waals surface area contributed by atoms with E-state index in [1.54, 1.807) is 56.4 Å². The van der Waals surface area contributed by atoms with Gasteiger partial charge in [0.15, 0.2) is 9.84 Å². The molecule has 1 aliphatic rings. The third-order valence-corrected chi connectivity index (χ3v) is 8.28. The maximum Gasteiger partial charge on any atom is 0.265 e. The van der Waals surface area contributed by atoms with Crippen LogP contribution in [0.15, 0.2) is 30.3 Å². The minimum Gasteiger partial charge on any atom is -0.321 e. The van der Waals surface area contributed by atoms with E-state index in [1.807, 2.05) is 6.07 Å². The molecule has 0 atom stereocenters. The van der Waals surface area contributed by atoms with E-state index in [1.165, 1.54) is 10.4 Å². The first-order chi connectivity index (χ1) is 12.2. The van der Waals surface area contributed by atoms with Crippen molar-refractivity contribution in [1.82, 2.24) is 5.32 Å². The van der Waals surface area contributed by atoms with E-state index in [4.69, 9.17) is 0 Å². The molecule has 2 heterocycles. The Bertz CT molecular complexity index is 884. The van der Waals surface area contributed by atoms with E-state index in [0.717, 1.165) is 25.1 Å². The number of amides is 1. The van der Waals surface area contributed by atoms with Gasteiger partial charge in [-0.05, 0) is 56.5 Å². The summed E-state index contributed by atoms with van der Waals surface area (Å²) in [6.07, 6.45) is 0.963. The first-order valence-electron chi connectivity index (χ1n) is 8.60. The van der Waals surface area contributed by atoms with Crippen molar-refractivity contribution in [3.05, 3.63) is 51.2 Å². The Labute approximate surface area is 158 Å². The second-order valence-electron chi connectivity index (χ2n) is 7.51. The molecule has 2 aromatic rings. The van der Waals surface area contributed by atoms with Crippen LogP contribution < -0.4 is 10.6 Å². The lowest BCUT2D eigenvalue weighted by atomic mass is 10.1. The van der Waals surface area contributed by atoms with Gasteiger partial charge in [-0.3, -0.25) is 4.79 Å². The number of thiophene rings is 1. The van der Waals surface area contributed by atoms with Crippen LogP contribution in [0, 0.1) is 0 Å². The fourth-order valence-corrected chi connectivity index (χ4v) is 4.82. The van der Waals surface area contributed by atoms with Gasteiger partial charge in [0.25, 0.3) is 5.91 Å². The quantitative estimate of drug-likeness (QED) is 0.837. The molecule has 0 bridgehead atoms. The average Bonchev–Trinajstić information content (AvgIpc) is 2.99. The number of hydrogen-bond acceptors (Lipinski definition) is 5. The number of nitrogens with one attached hydrogen (secondary N) is 2. The molecule has 0 radical (unpaired) electrons. The molecule has 0 saturated heterocycles. The second-order valence-corrected chi connectivity index (χ2v) is 11.4. The minimum atomic E-state index is -3.22. The van der Waals surface area contributed by atoms with Crippen molar-refractivity contribution in [2.45, 2.75) is 44.2 Å². The highest BCUT2D eigenvalue weighted by Crippen LogP contribution is 2.26. The Balaban J connectivity index is 1.67. The summed E-state index contributed by atoms with van der Waals surface area (Å²) in [7, 11) is -3.22. The fourth-order valence-electron chi connectivity index (χ4n) is 2.68. The normalized spacial score (nSPS) is 14.7. The number of sulfone groups is 1.